The summed E-state index contributed by atoms with van der Waals surface area (Å²) in [4.78, 5) is 28.2. The molecule has 4 unspecified atom stereocenters. The van der Waals surface area contributed by atoms with Crippen LogP contribution in [0.1, 0.15) is 62.6 Å². The number of hydrogen-bond acceptors (Lipinski definition) is 11. The minimum Gasteiger partial charge on any atom is -0.497 e. The number of nitrogens with zero attached hydrogens (tertiary/aromatic N) is 3. The van der Waals surface area contributed by atoms with E-state index in [9.17, 15) is 14.9 Å². The second kappa shape index (κ2) is 17.2. The van der Waals surface area contributed by atoms with Gasteiger partial charge in [0.1, 0.15) is 34.9 Å². The molecule has 292 valence electrons. The Labute approximate surface area is 322 Å². The average molecular weight is 773 g/mol. The van der Waals surface area contributed by atoms with Gasteiger partial charge in [0, 0.05) is 23.8 Å². The first kappa shape index (κ1) is 40.3. The van der Waals surface area contributed by atoms with Crippen LogP contribution in [0.5, 0.6) is 11.5 Å². The van der Waals surface area contributed by atoms with Crippen LogP contribution < -0.4 is 20.7 Å². The van der Waals surface area contributed by atoms with Crippen molar-refractivity contribution in [2.75, 3.05) is 34.0 Å². The highest BCUT2D eigenvalue weighted by Gasteiger charge is 2.65. The topological polar surface area (TPSA) is 147 Å². The van der Waals surface area contributed by atoms with Gasteiger partial charge in [0.2, 0.25) is 0 Å². The number of hydrogen-bond donors (Lipinski definition) is 1. The summed E-state index contributed by atoms with van der Waals surface area (Å²) in [5.41, 5.74) is -0.751. The van der Waals surface area contributed by atoms with Crippen molar-refractivity contribution in [3.05, 3.63) is 128 Å². The van der Waals surface area contributed by atoms with Crippen molar-refractivity contribution in [3.63, 3.8) is 0 Å². The van der Waals surface area contributed by atoms with Gasteiger partial charge in [0.15, 0.2) is 6.23 Å². The van der Waals surface area contributed by atoms with E-state index in [0.29, 0.717) is 17.1 Å². The highest BCUT2D eigenvalue weighted by atomic mass is 31.2. The van der Waals surface area contributed by atoms with Gasteiger partial charge in [-0.2, -0.15) is 5.26 Å². The Morgan fingerprint density at radius 1 is 0.945 bits per heavy atom. The molecule has 55 heavy (non-hydrogen) atoms. The Morgan fingerprint density at radius 2 is 1.53 bits per heavy atom. The van der Waals surface area contributed by atoms with Crippen LogP contribution >= 0.6 is 8.53 Å². The minimum atomic E-state index is -1.77. The number of H-pyrrole nitrogens is 1. The van der Waals surface area contributed by atoms with Crippen LogP contribution in [0.15, 0.2) is 94.6 Å². The Bertz CT molecular complexity index is 1990. The zero-order valence-corrected chi connectivity index (χ0v) is 33.2. The molecule has 4 aromatic rings. The molecule has 2 aliphatic heterocycles. The smallest absolute Gasteiger partial charge is 0.330 e. The van der Waals surface area contributed by atoms with Crippen molar-refractivity contribution in [2.45, 2.75) is 82.8 Å². The largest absolute Gasteiger partial charge is 0.497 e. The molecule has 0 saturated carbocycles. The molecule has 1 aromatic heterocycles. The minimum absolute atomic E-state index is 0.0254. The van der Waals surface area contributed by atoms with E-state index in [0.717, 1.165) is 16.7 Å². The first-order chi connectivity index (χ1) is 26.5. The molecule has 2 aliphatic rings. The first-order valence-electron chi connectivity index (χ1n) is 18.3. The van der Waals surface area contributed by atoms with E-state index in [4.69, 9.17) is 32.7 Å². The fourth-order valence-electron chi connectivity index (χ4n) is 7.35. The van der Waals surface area contributed by atoms with Crippen LogP contribution in [0.25, 0.3) is 0 Å². The molecular formula is C41H49N4O9P. The lowest BCUT2D eigenvalue weighted by Gasteiger charge is -2.41. The summed E-state index contributed by atoms with van der Waals surface area (Å²) in [5.74, 6) is 1.38. The third-order valence-electron chi connectivity index (χ3n) is 9.97. The number of nitriles is 1. The summed E-state index contributed by atoms with van der Waals surface area (Å²) in [5, 5.41) is 9.37. The quantitative estimate of drug-likeness (QED) is 0.0744. The van der Waals surface area contributed by atoms with Gasteiger partial charge in [-0.3, -0.25) is 14.3 Å². The van der Waals surface area contributed by atoms with Crippen molar-refractivity contribution >= 4 is 8.53 Å². The third kappa shape index (κ3) is 8.00. The second-order valence-corrected chi connectivity index (χ2v) is 15.6. The zero-order valence-electron chi connectivity index (χ0n) is 32.3. The molecular weight excluding hydrogens is 723 g/mol. The predicted molar refractivity (Wildman–Crippen MR) is 207 cm³/mol. The highest BCUT2D eigenvalue weighted by Crippen LogP contribution is 2.56. The van der Waals surface area contributed by atoms with Crippen LogP contribution in [-0.4, -0.2) is 78.2 Å². The maximum atomic E-state index is 13.3. The fraction of sp³-hybridized carbons (Fsp3) is 0.439. The van der Waals surface area contributed by atoms with E-state index in [1.54, 1.807) is 21.1 Å². The third-order valence-corrected chi connectivity index (χ3v) is 12.1. The van der Waals surface area contributed by atoms with E-state index in [1.807, 2.05) is 78.9 Å². The van der Waals surface area contributed by atoms with E-state index in [-0.39, 0.29) is 38.3 Å². The van der Waals surface area contributed by atoms with Crippen molar-refractivity contribution in [1.82, 2.24) is 14.2 Å². The number of rotatable bonds is 17. The van der Waals surface area contributed by atoms with Gasteiger partial charge in [-0.25, -0.2) is 9.46 Å². The molecule has 0 spiro atoms. The SMILES string of the molecule is COc1ccc(C(OC[C@@]23COC(C(n4cc(C)c(=O)[nH]c4=O)O2)C3OP(OCCC#N)N(C(C)C)C(C)C)(c2ccccc2)c2ccc(OC)cc2)cc1. The van der Waals surface area contributed by atoms with Crippen molar-refractivity contribution < 1.29 is 32.7 Å². The summed E-state index contributed by atoms with van der Waals surface area (Å²) < 4.78 is 48.7. The van der Waals surface area contributed by atoms with Gasteiger partial charge in [-0.1, -0.05) is 54.6 Å². The normalized spacial score (nSPS) is 21.3. The van der Waals surface area contributed by atoms with Crippen LogP contribution in [-0.2, 0) is 28.9 Å². The van der Waals surface area contributed by atoms with Gasteiger partial charge < -0.3 is 32.7 Å². The monoisotopic (exact) mass is 772 g/mol. The van der Waals surface area contributed by atoms with E-state index in [2.05, 4.69) is 43.4 Å². The molecule has 14 heteroatoms. The van der Waals surface area contributed by atoms with Gasteiger partial charge in [-0.05, 0) is 75.6 Å². The van der Waals surface area contributed by atoms with Crippen molar-refractivity contribution in [3.8, 4) is 17.6 Å². The Hall–Kier alpha value is -4.38. The zero-order chi connectivity index (χ0) is 39.3. The highest BCUT2D eigenvalue weighted by molar-refractivity contribution is 7.44. The molecule has 2 bridgehead atoms. The van der Waals surface area contributed by atoms with E-state index < -0.39 is 49.4 Å². The molecule has 3 heterocycles. The van der Waals surface area contributed by atoms with Crippen molar-refractivity contribution in [1.29, 1.82) is 5.26 Å². The summed E-state index contributed by atoms with van der Waals surface area (Å²) in [6, 6.07) is 27.6. The molecule has 2 saturated heterocycles. The van der Waals surface area contributed by atoms with Crippen LogP contribution in [0.2, 0.25) is 0 Å². The lowest BCUT2D eigenvalue weighted by atomic mass is 9.79. The standard InChI is InChI=1S/C41H49N4O9P/c1-27(2)45(28(3)4)55(52-23-11-22-42)54-36-35-38(44-24-29(5)37(46)43-39(44)47)53-40(36,25-50-35)26-51-41(30-12-9-8-10-13-30,31-14-18-33(48-6)19-15-31)32-16-20-34(49-7)21-17-32/h8-10,12-21,24,27-28,35-36,38H,11,23,25-26H2,1-7H3,(H,43,46,47)/t35?,36?,38?,40-,55?/m1/s1. The summed E-state index contributed by atoms with van der Waals surface area (Å²) >= 11 is 0. The molecule has 2 fully saturated rings. The maximum Gasteiger partial charge on any atom is 0.330 e. The van der Waals surface area contributed by atoms with Gasteiger partial charge in [-0.15, -0.1) is 0 Å². The lowest BCUT2D eigenvalue weighted by Crippen LogP contribution is -2.49. The molecule has 0 aliphatic carbocycles. The van der Waals surface area contributed by atoms with E-state index in [1.165, 1.54) is 10.8 Å². The number of methoxy groups -OCH3 is 2. The Morgan fingerprint density at radius 3 is 2.07 bits per heavy atom. The molecule has 1 N–H and O–H groups in total. The van der Waals surface area contributed by atoms with Gasteiger partial charge in [0.25, 0.3) is 14.1 Å². The number of benzene rings is 3. The van der Waals surface area contributed by atoms with Gasteiger partial charge in [0.05, 0.1) is 46.5 Å². The summed E-state index contributed by atoms with van der Waals surface area (Å²) in [6.45, 7) is 10.1. The Balaban J connectivity index is 1.49. The molecule has 0 radical (unpaired) electrons. The van der Waals surface area contributed by atoms with Crippen LogP contribution in [0, 0.1) is 18.3 Å². The number of nitrogens with one attached hydrogen (secondary N) is 1. The number of ether oxygens (including phenoxy) is 5. The second-order valence-electron chi connectivity index (χ2n) is 14.2. The molecule has 5 atom stereocenters. The molecule has 13 nitrogen and oxygen atoms in total. The lowest BCUT2D eigenvalue weighted by molar-refractivity contribution is -0.203. The summed E-state index contributed by atoms with van der Waals surface area (Å²) in [6.07, 6.45) is -0.901. The number of fused-ring (bicyclic) bond motifs is 2. The number of aromatic amines is 1. The van der Waals surface area contributed by atoms with E-state index >= 15 is 0 Å². The number of aryl methyl sites for hydroxylation is 1. The van der Waals surface area contributed by atoms with Crippen molar-refractivity contribution in [2.24, 2.45) is 0 Å². The predicted octanol–water partition coefficient (Wildman–Crippen LogP) is 6.20. The molecule has 0 amide bonds. The summed E-state index contributed by atoms with van der Waals surface area (Å²) in [7, 11) is 1.48. The van der Waals surface area contributed by atoms with Gasteiger partial charge >= 0.3 is 5.69 Å². The molecule has 3 aromatic carbocycles. The Kier molecular flexibility index (Phi) is 12.6. The molecule has 6 rings (SSSR count). The maximum absolute atomic E-state index is 13.3. The van der Waals surface area contributed by atoms with Crippen LogP contribution in [0.4, 0.5) is 0 Å². The average Bonchev–Trinajstić information content (AvgIpc) is 3.68. The fourth-order valence-corrected chi connectivity index (χ4v) is 9.16. The number of aromatic nitrogens is 2. The van der Waals surface area contributed by atoms with Crippen LogP contribution in [0.3, 0.4) is 0 Å². The first-order valence-corrected chi connectivity index (χ1v) is 19.5.